The first-order valence-corrected chi connectivity index (χ1v) is 5.23. The van der Waals surface area contributed by atoms with Crippen LogP contribution < -0.4 is 5.32 Å². The average Bonchev–Trinajstić information content (AvgIpc) is 2.64. The Morgan fingerprint density at radius 1 is 1.77 bits per heavy atom. The zero-order valence-corrected chi connectivity index (χ0v) is 8.66. The maximum atomic E-state index is 5.73. The van der Waals surface area contributed by atoms with Crippen molar-refractivity contribution in [1.29, 1.82) is 0 Å². The first kappa shape index (κ1) is 8.84. The minimum atomic E-state index is 0.604. The number of hydrogen-bond donors (Lipinski definition) is 1. The molecule has 1 fully saturated rings. The standard InChI is InChI=1S/C8H10ClN3S/c1-6-10-2-3-12(6)5-7-4-11-8(9)13-7/h4,10H,1-3,5H2. The van der Waals surface area contributed by atoms with E-state index in [4.69, 9.17) is 11.6 Å². The van der Waals surface area contributed by atoms with Gasteiger partial charge in [0, 0.05) is 24.2 Å². The number of rotatable bonds is 2. The van der Waals surface area contributed by atoms with Crippen molar-refractivity contribution < 1.29 is 0 Å². The van der Waals surface area contributed by atoms with Crippen molar-refractivity contribution in [3.05, 3.63) is 27.9 Å². The monoisotopic (exact) mass is 215 g/mol. The van der Waals surface area contributed by atoms with E-state index in [0.29, 0.717) is 4.47 Å². The lowest BCUT2D eigenvalue weighted by molar-refractivity contribution is 0.393. The van der Waals surface area contributed by atoms with Crippen LogP contribution in [0.25, 0.3) is 0 Å². The Kier molecular flexibility index (Phi) is 2.42. The predicted octanol–water partition coefficient (Wildman–Crippen LogP) is 1.67. The predicted molar refractivity (Wildman–Crippen MR) is 54.7 cm³/mol. The molecule has 0 atom stereocenters. The lowest BCUT2D eigenvalue weighted by Crippen LogP contribution is -2.17. The van der Waals surface area contributed by atoms with Crippen molar-refractivity contribution in [3.63, 3.8) is 0 Å². The molecule has 0 spiro atoms. The fourth-order valence-electron chi connectivity index (χ4n) is 1.30. The highest BCUT2D eigenvalue weighted by atomic mass is 35.5. The van der Waals surface area contributed by atoms with Crippen LogP contribution in [0.4, 0.5) is 0 Å². The van der Waals surface area contributed by atoms with Gasteiger partial charge in [-0.2, -0.15) is 0 Å². The molecule has 0 radical (unpaired) electrons. The third-order valence-electron chi connectivity index (χ3n) is 1.96. The summed E-state index contributed by atoms with van der Waals surface area (Å²) in [5.41, 5.74) is 0. The maximum Gasteiger partial charge on any atom is 0.183 e. The molecule has 3 nitrogen and oxygen atoms in total. The Hall–Kier alpha value is -0.740. The highest BCUT2D eigenvalue weighted by molar-refractivity contribution is 7.15. The van der Waals surface area contributed by atoms with E-state index >= 15 is 0 Å². The fourth-order valence-corrected chi connectivity index (χ4v) is 2.29. The Morgan fingerprint density at radius 3 is 3.15 bits per heavy atom. The number of nitrogens with one attached hydrogen (secondary N) is 1. The zero-order valence-electron chi connectivity index (χ0n) is 7.09. The molecule has 2 heterocycles. The Balaban J connectivity index is 2.01. The summed E-state index contributed by atoms with van der Waals surface area (Å²) < 4.78 is 0.604. The van der Waals surface area contributed by atoms with Gasteiger partial charge in [-0.3, -0.25) is 0 Å². The van der Waals surface area contributed by atoms with Crippen LogP contribution in [0.3, 0.4) is 0 Å². The Bertz CT molecular complexity index is 323. The summed E-state index contributed by atoms with van der Waals surface area (Å²) in [5.74, 6) is 0.990. The maximum absolute atomic E-state index is 5.73. The van der Waals surface area contributed by atoms with Crippen molar-refractivity contribution in [1.82, 2.24) is 15.2 Å². The zero-order chi connectivity index (χ0) is 9.26. The first-order valence-electron chi connectivity index (χ1n) is 4.03. The highest BCUT2D eigenvalue weighted by Gasteiger charge is 2.14. The molecule has 1 aliphatic rings. The minimum absolute atomic E-state index is 0.604. The van der Waals surface area contributed by atoms with Gasteiger partial charge >= 0.3 is 0 Å². The molecular formula is C8H10ClN3S. The van der Waals surface area contributed by atoms with Crippen LogP contribution >= 0.6 is 22.9 Å². The van der Waals surface area contributed by atoms with E-state index in [0.717, 1.165) is 25.5 Å². The van der Waals surface area contributed by atoms with E-state index in [1.807, 2.05) is 6.20 Å². The normalized spacial score (nSPS) is 16.4. The van der Waals surface area contributed by atoms with Crippen molar-refractivity contribution in [2.45, 2.75) is 6.54 Å². The van der Waals surface area contributed by atoms with Crippen LogP contribution in [0.1, 0.15) is 4.88 Å². The first-order chi connectivity index (χ1) is 6.25. The molecular weight excluding hydrogens is 206 g/mol. The Morgan fingerprint density at radius 2 is 2.62 bits per heavy atom. The smallest absolute Gasteiger partial charge is 0.183 e. The van der Waals surface area contributed by atoms with Gasteiger partial charge < -0.3 is 10.2 Å². The van der Waals surface area contributed by atoms with Crippen molar-refractivity contribution >= 4 is 22.9 Å². The molecule has 1 aliphatic heterocycles. The summed E-state index contributed by atoms with van der Waals surface area (Å²) in [6.45, 7) is 6.75. The van der Waals surface area contributed by atoms with E-state index in [1.54, 1.807) is 0 Å². The molecule has 5 heteroatoms. The largest absolute Gasteiger partial charge is 0.370 e. The SMILES string of the molecule is C=C1NCCN1Cc1cnc(Cl)s1. The topological polar surface area (TPSA) is 28.2 Å². The van der Waals surface area contributed by atoms with Crippen molar-refractivity contribution in [2.24, 2.45) is 0 Å². The van der Waals surface area contributed by atoms with E-state index in [1.165, 1.54) is 16.2 Å². The molecule has 1 saturated heterocycles. The van der Waals surface area contributed by atoms with Crippen molar-refractivity contribution in [2.75, 3.05) is 13.1 Å². The van der Waals surface area contributed by atoms with Gasteiger partial charge in [0.2, 0.25) is 0 Å². The molecule has 1 aromatic heterocycles. The molecule has 0 aromatic carbocycles. The van der Waals surface area contributed by atoms with Crippen molar-refractivity contribution in [3.8, 4) is 0 Å². The third kappa shape index (κ3) is 1.95. The molecule has 1 aromatic rings. The second-order valence-electron chi connectivity index (χ2n) is 2.87. The summed E-state index contributed by atoms with van der Waals surface area (Å²) in [5, 5.41) is 3.18. The lowest BCUT2D eigenvalue weighted by Gasteiger charge is -2.15. The number of nitrogens with zero attached hydrogens (tertiary/aromatic N) is 2. The molecule has 0 aliphatic carbocycles. The molecule has 13 heavy (non-hydrogen) atoms. The number of aromatic nitrogens is 1. The van der Waals surface area contributed by atoms with Gasteiger partial charge in [0.25, 0.3) is 0 Å². The van der Waals surface area contributed by atoms with E-state index in [2.05, 4.69) is 21.8 Å². The molecule has 2 rings (SSSR count). The summed E-state index contributed by atoms with van der Waals surface area (Å²) in [4.78, 5) is 7.35. The number of hydrogen-bond acceptors (Lipinski definition) is 4. The van der Waals surface area contributed by atoms with Crippen LogP contribution in [-0.2, 0) is 6.54 Å². The van der Waals surface area contributed by atoms with Crippen LogP contribution in [0.5, 0.6) is 0 Å². The minimum Gasteiger partial charge on any atom is -0.370 e. The van der Waals surface area contributed by atoms with E-state index in [-0.39, 0.29) is 0 Å². The molecule has 1 N–H and O–H groups in total. The van der Waals surface area contributed by atoms with Gasteiger partial charge in [-0.1, -0.05) is 18.2 Å². The van der Waals surface area contributed by atoms with Gasteiger partial charge in [-0.25, -0.2) is 4.98 Å². The van der Waals surface area contributed by atoms with Crippen LogP contribution in [0.15, 0.2) is 18.6 Å². The molecule has 0 bridgehead atoms. The van der Waals surface area contributed by atoms with Gasteiger partial charge in [-0.05, 0) is 0 Å². The second kappa shape index (κ2) is 3.55. The summed E-state index contributed by atoms with van der Waals surface area (Å²) in [7, 11) is 0. The second-order valence-corrected chi connectivity index (χ2v) is 4.57. The number of halogens is 1. The van der Waals surface area contributed by atoms with E-state index in [9.17, 15) is 0 Å². The third-order valence-corrected chi connectivity index (χ3v) is 3.06. The van der Waals surface area contributed by atoms with Crippen LogP contribution in [0, 0.1) is 0 Å². The van der Waals surface area contributed by atoms with Gasteiger partial charge in [-0.15, -0.1) is 11.3 Å². The lowest BCUT2D eigenvalue weighted by atomic mass is 10.4. The highest BCUT2D eigenvalue weighted by Crippen LogP contribution is 2.20. The van der Waals surface area contributed by atoms with Gasteiger partial charge in [0.15, 0.2) is 4.47 Å². The average molecular weight is 216 g/mol. The van der Waals surface area contributed by atoms with Gasteiger partial charge in [0.1, 0.15) is 0 Å². The summed E-state index contributed by atoms with van der Waals surface area (Å²) in [6.07, 6.45) is 1.82. The molecule has 0 unspecified atom stereocenters. The fraction of sp³-hybridized carbons (Fsp3) is 0.375. The number of thiazole rings is 1. The summed E-state index contributed by atoms with van der Waals surface area (Å²) in [6, 6.07) is 0. The molecule has 0 amide bonds. The molecule has 70 valence electrons. The van der Waals surface area contributed by atoms with E-state index < -0.39 is 0 Å². The van der Waals surface area contributed by atoms with Crippen LogP contribution in [0.2, 0.25) is 4.47 Å². The van der Waals surface area contributed by atoms with Crippen LogP contribution in [-0.4, -0.2) is 23.0 Å². The Labute approximate surface area is 86.0 Å². The molecule has 0 saturated carbocycles. The quantitative estimate of drug-likeness (QED) is 0.814. The summed E-state index contributed by atoms with van der Waals surface area (Å²) >= 11 is 7.25. The van der Waals surface area contributed by atoms with Gasteiger partial charge in [0.05, 0.1) is 12.4 Å².